The van der Waals surface area contributed by atoms with E-state index in [9.17, 15) is 30.0 Å². The van der Waals surface area contributed by atoms with Crippen LogP contribution in [0.25, 0.3) is 6.08 Å². The molecule has 0 radical (unpaired) electrons. The molecule has 1 aromatic carbocycles. The van der Waals surface area contributed by atoms with Crippen LogP contribution >= 0.6 is 0 Å². The number of rotatable bonds is 4. The van der Waals surface area contributed by atoms with E-state index in [0.717, 1.165) is 6.08 Å². The second-order valence-electron chi connectivity index (χ2n) is 5.66. The second-order valence-corrected chi connectivity index (χ2v) is 5.66. The van der Waals surface area contributed by atoms with Gasteiger partial charge in [-0.1, -0.05) is 6.07 Å². The lowest BCUT2D eigenvalue weighted by Gasteiger charge is -2.39. The van der Waals surface area contributed by atoms with Gasteiger partial charge in [0.05, 0.1) is 12.5 Å². The van der Waals surface area contributed by atoms with Gasteiger partial charge in [0, 0.05) is 6.08 Å². The number of aliphatic hydroxyl groups excluding tert-OH is 1. The topological polar surface area (TPSA) is 154 Å². The summed E-state index contributed by atoms with van der Waals surface area (Å²) < 4.78 is 9.86. The number of carbonyl (C=O) groups excluding carboxylic acids is 1. The molecule has 4 atom stereocenters. The van der Waals surface area contributed by atoms with Crippen LogP contribution in [-0.2, 0) is 19.1 Å². The Balaban J connectivity index is 2.06. The molecule has 25 heavy (non-hydrogen) atoms. The Morgan fingerprint density at radius 3 is 2.60 bits per heavy atom. The highest BCUT2D eigenvalue weighted by Crippen LogP contribution is 2.30. The molecule has 2 unspecified atom stereocenters. The zero-order valence-corrected chi connectivity index (χ0v) is 13.2. The predicted molar refractivity (Wildman–Crippen MR) is 82.4 cm³/mol. The SMILES string of the molecule is C[C@@H]1OC(O)(C(=O)O)C[C@@H](OC(=O)/C=C\c2ccc(O)c(O)c2)C1O. The zero-order valence-electron chi connectivity index (χ0n) is 13.2. The molecule has 1 saturated heterocycles. The van der Waals surface area contributed by atoms with Crippen LogP contribution in [0.1, 0.15) is 18.9 Å². The van der Waals surface area contributed by atoms with Crippen molar-refractivity contribution in [1.29, 1.82) is 0 Å². The molecule has 9 heteroatoms. The van der Waals surface area contributed by atoms with E-state index in [1.165, 1.54) is 31.2 Å². The minimum absolute atomic E-state index is 0.313. The Bertz CT molecular complexity index is 699. The van der Waals surface area contributed by atoms with Crippen LogP contribution in [-0.4, -0.2) is 61.6 Å². The number of phenolic OH excluding ortho intramolecular Hbond substituents is 2. The maximum atomic E-state index is 11.9. The molecular formula is C16H18O9. The number of aromatic hydroxyl groups is 2. The first-order valence-electron chi connectivity index (χ1n) is 7.35. The van der Waals surface area contributed by atoms with Crippen molar-refractivity contribution in [2.45, 2.75) is 37.4 Å². The Morgan fingerprint density at radius 1 is 1.32 bits per heavy atom. The third-order valence-electron chi connectivity index (χ3n) is 3.73. The van der Waals surface area contributed by atoms with Crippen molar-refractivity contribution in [1.82, 2.24) is 0 Å². The van der Waals surface area contributed by atoms with Crippen molar-refractivity contribution in [3.8, 4) is 11.5 Å². The summed E-state index contributed by atoms with van der Waals surface area (Å²) in [7, 11) is 0. The fraction of sp³-hybridized carbons (Fsp3) is 0.375. The van der Waals surface area contributed by atoms with E-state index in [2.05, 4.69) is 0 Å². The van der Waals surface area contributed by atoms with Gasteiger partial charge in [0.1, 0.15) is 12.2 Å². The van der Waals surface area contributed by atoms with Crippen molar-refractivity contribution >= 4 is 18.0 Å². The molecule has 1 aliphatic heterocycles. The van der Waals surface area contributed by atoms with Gasteiger partial charge in [0.15, 0.2) is 11.5 Å². The van der Waals surface area contributed by atoms with Crippen LogP contribution in [0.3, 0.4) is 0 Å². The van der Waals surface area contributed by atoms with Crippen LogP contribution in [0.4, 0.5) is 0 Å². The zero-order chi connectivity index (χ0) is 18.8. The van der Waals surface area contributed by atoms with Crippen molar-refractivity contribution in [2.24, 2.45) is 0 Å². The monoisotopic (exact) mass is 354 g/mol. The van der Waals surface area contributed by atoms with Gasteiger partial charge < -0.3 is 35.0 Å². The standard InChI is InChI=1S/C16H18O9/c1-8-14(20)12(7-16(23,25-8)15(21)22)24-13(19)5-3-9-2-4-10(17)11(18)6-9/h2-6,8,12,14,17-18,20,23H,7H2,1H3,(H,21,22)/b5-3-/t8-,12+,14?,16?/m0/s1. The van der Waals surface area contributed by atoms with Crippen LogP contribution in [0, 0.1) is 0 Å². The number of benzene rings is 1. The van der Waals surface area contributed by atoms with E-state index < -0.39 is 42.5 Å². The number of carboxylic acids is 1. The summed E-state index contributed by atoms with van der Waals surface area (Å²) in [4.78, 5) is 22.9. The molecule has 1 fully saturated rings. The van der Waals surface area contributed by atoms with Crippen LogP contribution < -0.4 is 0 Å². The summed E-state index contributed by atoms with van der Waals surface area (Å²) in [5, 5.41) is 47.4. The van der Waals surface area contributed by atoms with Gasteiger partial charge >= 0.3 is 11.9 Å². The Hall–Kier alpha value is -2.62. The van der Waals surface area contributed by atoms with Gasteiger partial charge in [-0.25, -0.2) is 9.59 Å². The average molecular weight is 354 g/mol. The molecule has 0 bridgehead atoms. The molecule has 0 spiro atoms. The van der Waals surface area contributed by atoms with Gasteiger partial charge in [-0.3, -0.25) is 0 Å². The predicted octanol–water partition coefficient (Wildman–Crippen LogP) is -0.0343. The van der Waals surface area contributed by atoms with E-state index in [4.69, 9.17) is 14.6 Å². The van der Waals surface area contributed by atoms with Crippen molar-refractivity contribution < 1.29 is 44.6 Å². The second kappa shape index (κ2) is 7.09. The lowest BCUT2D eigenvalue weighted by molar-refractivity contribution is -0.291. The number of aliphatic hydroxyl groups is 2. The third-order valence-corrected chi connectivity index (χ3v) is 3.73. The summed E-state index contributed by atoms with van der Waals surface area (Å²) in [6.07, 6.45) is -2.00. The highest BCUT2D eigenvalue weighted by molar-refractivity contribution is 5.87. The minimum Gasteiger partial charge on any atom is -0.504 e. The third kappa shape index (κ3) is 4.27. The molecular weight excluding hydrogens is 336 g/mol. The van der Waals surface area contributed by atoms with E-state index in [-0.39, 0.29) is 11.5 Å². The fourth-order valence-electron chi connectivity index (χ4n) is 2.37. The number of carboxylic acid groups (broad SMARTS) is 1. The fourth-order valence-corrected chi connectivity index (χ4v) is 2.37. The van der Waals surface area contributed by atoms with Gasteiger partial charge in [-0.2, -0.15) is 0 Å². The summed E-state index contributed by atoms with van der Waals surface area (Å²) in [5.41, 5.74) is 0.398. The molecule has 0 aliphatic carbocycles. The molecule has 2 rings (SSSR count). The first-order chi connectivity index (χ1) is 11.6. The lowest BCUT2D eigenvalue weighted by atomic mass is 9.96. The minimum atomic E-state index is -2.56. The molecule has 136 valence electrons. The normalized spacial score (nSPS) is 29.5. The molecule has 0 saturated carbocycles. The number of phenols is 2. The maximum Gasteiger partial charge on any atom is 0.364 e. The smallest absolute Gasteiger partial charge is 0.364 e. The number of ether oxygens (including phenoxy) is 2. The van der Waals surface area contributed by atoms with Crippen LogP contribution in [0.5, 0.6) is 11.5 Å². The summed E-state index contributed by atoms with van der Waals surface area (Å²) in [6, 6.07) is 3.89. The maximum absolute atomic E-state index is 11.9. The largest absolute Gasteiger partial charge is 0.504 e. The van der Waals surface area contributed by atoms with E-state index in [0.29, 0.717) is 5.56 Å². The summed E-state index contributed by atoms with van der Waals surface area (Å²) >= 11 is 0. The Labute approximate surface area is 142 Å². The van der Waals surface area contributed by atoms with Gasteiger partial charge in [0.2, 0.25) is 0 Å². The van der Waals surface area contributed by atoms with Crippen LogP contribution in [0.2, 0.25) is 0 Å². The molecule has 0 aromatic heterocycles. The van der Waals surface area contributed by atoms with Crippen molar-refractivity contribution in [2.75, 3.05) is 0 Å². The van der Waals surface area contributed by atoms with E-state index >= 15 is 0 Å². The van der Waals surface area contributed by atoms with Crippen molar-refractivity contribution in [3.63, 3.8) is 0 Å². The first kappa shape index (κ1) is 18.7. The molecule has 5 N–H and O–H groups in total. The lowest BCUT2D eigenvalue weighted by Crippen LogP contribution is -2.58. The number of aliphatic carboxylic acids is 1. The molecule has 0 amide bonds. The summed E-state index contributed by atoms with van der Waals surface area (Å²) in [6.45, 7) is 1.34. The Morgan fingerprint density at radius 2 is 2.00 bits per heavy atom. The first-order valence-corrected chi connectivity index (χ1v) is 7.35. The highest BCUT2D eigenvalue weighted by Gasteiger charge is 2.50. The van der Waals surface area contributed by atoms with Gasteiger partial charge in [-0.15, -0.1) is 0 Å². The highest BCUT2D eigenvalue weighted by atomic mass is 16.7. The number of esters is 1. The molecule has 1 aliphatic rings. The Kier molecular flexibility index (Phi) is 5.31. The number of hydrogen-bond acceptors (Lipinski definition) is 8. The van der Waals surface area contributed by atoms with E-state index in [1.54, 1.807) is 0 Å². The van der Waals surface area contributed by atoms with E-state index in [1.807, 2.05) is 0 Å². The van der Waals surface area contributed by atoms with Crippen LogP contribution in [0.15, 0.2) is 24.3 Å². The van der Waals surface area contributed by atoms with Crippen molar-refractivity contribution in [3.05, 3.63) is 29.8 Å². The van der Waals surface area contributed by atoms with Gasteiger partial charge in [0.25, 0.3) is 5.79 Å². The average Bonchev–Trinajstić information content (AvgIpc) is 2.53. The number of carbonyl (C=O) groups is 2. The molecule has 1 aromatic rings. The summed E-state index contributed by atoms with van der Waals surface area (Å²) in [5.74, 6) is -5.78. The quantitative estimate of drug-likeness (QED) is 0.285. The molecule has 9 nitrogen and oxygen atoms in total. The number of hydrogen-bond donors (Lipinski definition) is 5. The molecule has 1 heterocycles. The van der Waals surface area contributed by atoms with Gasteiger partial charge in [-0.05, 0) is 30.7 Å².